The molecule has 0 saturated carbocycles. The van der Waals surface area contributed by atoms with Gasteiger partial charge in [-0.1, -0.05) is 288 Å². The van der Waals surface area contributed by atoms with Crippen LogP contribution in [0.25, 0.3) is 0 Å². The number of carboxylic acid groups (broad SMARTS) is 1. The second-order valence-corrected chi connectivity index (χ2v) is 23.4. The van der Waals surface area contributed by atoms with Crippen LogP contribution in [0.1, 0.15) is 258 Å². The summed E-state index contributed by atoms with van der Waals surface area (Å²) in [7, 11) is 5.95. The first kappa shape index (κ1) is 80.2. The van der Waals surface area contributed by atoms with E-state index in [4.69, 9.17) is 18.9 Å². The van der Waals surface area contributed by atoms with Gasteiger partial charge in [-0.05, 0) is 103 Å². The number of carbonyl (C=O) groups is 3. The Labute approximate surface area is 522 Å². The molecule has 85 heavy (non-hydrogen) atoms. The molecule has 0 fully saturated rings. The molecule has 0 aromatic heterocycles. The number of unbranched alkanes of at least 4 members (excludes halogenated alkanes) is 22. The Morgan fingerprint density at radius 2 is 0.671 bits per heavy atom. The quantitative estimate of drug-likeness (QED) is 0.0211. The minimum absolute atomic E-state index is 0.173. The van der Waals surface area contributed by atoms with Crippen molar-refractivity contribution in [1.29, 1.82) is 0 Å². The average molecular weight is 1180 g/mol. The van der Waals surface area contributed by atoms with Gasteiger partial charge >= 0.3 is 17.9 Å². The molecule has 0 aliphatic rings. The number of hydrogen-bond acceptors (Lipinski definition) is 7. The summed E-state index contributed by atoms with van der Waals surface area (Å²) in [6.07, 6.45) is 92.4. The lowest BCUT2D eigenvalue weighted by molar-refractivity contribution is -0.870. The third-order valence-electron chi connectivity index (χ3n) is 14.1. The molecule has 0 spiro atoms. The molecule has 0 heterocycles. The van der Waals surface area contributed by atoms with Crippen LogP contribution in [0.2, 0.25) is 0 Å². The van der Waals surface area contributed by atoms with E-state index in [0.29, 0.717) is 17.4 Å². The van der Waals surface area contributed by atoms with Gasteiger partial charge in [0.1, 0.15) is 13.2 Å². The second kappa shape index (κ2) is 65.2. The van der Waals surface area contributed by atoms with E-state index in [0.717, 1.165) is 109 Å². The minimum Gasteiger partial charge on any atom is -0.477 e. The molecule has 0 bridgehead atoms. The van der Waals surface area contributed by atoms with Gasteiger partial charge in [0.15, 0.2) is 6.10 Å². The summed E-state index contributed by atoms with van der Waals surface area (Å²) in [4.78, 5) is 37.5. The SMILES string of the molecule is CC/C=C\C/C=C\C/C=C\C/C=C\C/C=C\C/C=C\C/C=C\C/C=C\C/C=C\C/C=C\C/C=C\C/C=C\CCCCC(=O)OC(COC(=O)CCCCCCCCCCCCCCCCCCCCCCC)COC(OCC[N+](C)(C)C)C(=O)O. The number of likely N-dealkylation sites (N-methyl/N-ethyl adjacent to an activating group) is 1. The molecule has 2 unspecified atom stereocenters. The monoisotopic (exact) mass is 1180 g/mol. The number of carboxylic acids is 1. The largest absolute Gasteiger partial charge is 0.477 e. The molecular formula is C76H126NO8+. The van der Waals surface area contributed by atoms with E-state index in [1.165, 1.54) is 116 Å². The molecule has 1 N–H and O–H groups in total. The highest BCUT2D eigenvalue weighted by Crippen LogP contribution is 2.16. The Kier molecular flexibility index (Phi) is 61.4. The Hall–Kier alpha value is -4.83. The van der Waals surface area contributed by atoms with Crippen LogP contribution in [0.3, 0.4) is 0 Å². The normalized spacial score (nSPS) is 13.7. The van der Waals surface area contributed by atoms with Crippen molar-refractivity contribution in [3.05, 3.63) is 146 Å². The number of rotatable bonds is 61. The van der Waals surface area contributed by atoms with Gasteiger partial charge in [0.25, 0.3) is 6.29 Å². The van der Waals surface area contributed by atoms with Gasteiger partial charge in [-0.25, -0.2) is 4.79 Å². The number of esters is 2. The van der Waals surface area contributed by atoms with Crippen molar-refractivity contribution in [3.63, 3.8) is 0 Å². The lowest BCUT2D eigenvalue weighted by atomic mass is 10.0. The van der Waals surface area contributed by atoms with E-state index < -0.39 is 24.3 Å². The highest BCUT2D eigenvalue weighted by atomic mass is 16.7. The van der Waals surface area contributed by atoms with Crippen LogP contribution in [0.15, 0.2) is 146 Å². The molecular weight excluding hydrogens is 1050 g/mol. The van der Waals surface area contributed by atoms with E-state index in [-0.39, 0.29) is 38.6 Å². The first-order valence-electron chi connectivity index (χ1n) is 34.0. The third kappa shape index (κ3) is 66.5. The van der Waals surface area contributed by atoms with Crippen LogP contribution >= 0.6 is 0 Å². The summed E-state index contributed by atoms with van der Waals surface area (Å²) in [5.41, 5.74) is 0. The molecule has 2 atom stereocenters. The summed E-state index contributed by atoms with van der Waals surface area (Å²) in [6, 6.07) is 0. The molecule has 482 valence electrons. The van der Waals surface area contributed by atoms with Gasteiger partial charge in [0.2, 0.25) is 0 Å². The first-order valence-corrected chi connectivity index (χ1v) is 34.0. The lowest BCUT2D eigenvalue weighted by Gasteiger charge is -2.25. The van der Waals surface area contributed by atoms with Crippen molar-refractivity contribution in [2.45, 2.75) is 270 Å². The molecule has 0 saturated heterocycles. The maximum absolute atomic E-state index is 12.9. The standard InChI is InChI=1S/C76H125NO8/c1-6-8-10-12-14-16-18-20-22-24-26-28-29-30-31-32-33-34-35-36-37-38-39-40-41-42-43-44-45-47-49-51-53-55-57-59-61-63-65-67-74(79)85-72(71-84-76(75(80)81)82-69-68-77(3,4)5)70-83-73(78)66-64-62-60-58-56-54-52-50-48-46-27-25-23-21-19-17-15-13-11-9-7-2/h8,10,14,16,20,22,26,28,30-31,33-34,36-37,39-40,42-43,45,47,51,53,57,59,72,76H,6-7,9,11-13,15,17-19,21,23-25,27,29,32,35,38,41,44,46,48-50,52,54-56,58,60-71H2,1-5H3/p+1/b10-8-,16-14-,22-20-,28-26-,31-30-,34-33-,37-36-,40-39-,43-42-,47-45-,53-51-,59-57-. The van der Waals surface area contributed by atoms with Crippen molar-refractivity contribution in [1.82, 2.24) is 0 Å². The summed E-state index contributed by atoms with van der Waals surface area (Å²) in [6.45, 7) is 4.72. The number of hydrogen-bond donors (Lipinski definition) is 1. The topological polar surface area (TPSA) is 108 Å². The molecule has 0 aromatic rings. The summed E-state index contributed by atoms with van der Waals surface area (Å²) < 4.78 is 22.9. The average Bonchev–Trinajstić information content (AvgIpc) is 3.49. The zero-order chi connectivity index (χ0) is 61.9. The molecule has 0 aliphatic heterocycles. The Morgan fingerprint density at radius 3 is 1.00 bits per heavy atom. The van der Waals surface area contributed by atoms with Crippen molar-refractivity contribution >= 4 is 17.9 Å². The van der Waals surface area contributed by atoms with Crippen molar-refractivity contribution in [2.75, 3.05) is 47.5 Å². The maximum Gasteiger partial charge on any atom is 0.361 e. The number of aliphatic carboxylic acids is 1. The molecule has 9 nitrogen and oxygen atoms in total. The van der Waals surface area contributed by atoms with Gasteiger partial charge in [0, 0.05) is 12.8 Å². The predicted octanol–water partition coefficient (Wildman–Crippen LogP) is 21.1. The first-order chi connectivity index (χ1) is 41.6. The number of quaternary nitrogens is 1. The molecule has 0 aliphatic carbocycles. The third-order valence-corrected chi connectivity index (χ3v) is 14.1. The predicted molar refractivity (Wildman–Crippen MR) is 364 cm³/mol. The fourth-order valence-corrected chi connectivity index (χ4v) is 8.94. The van der Waals surface area contributed by atoms with E-state index in [1.54, 1.807) is 0 Å². The zero-order valence-electron chi connectivity index (χ0n) is 55.0. The van der Waals surface area contributed by atoms with Gasteiger partial charge in [-0.15, -0.1) is 0 Å². The number of nitrogens with zero attached hydrogens (tertiary/aromatic N) is 1. The van der Waals surface area contributed by atoms with Crippen molar-refractivity contribution in [3.8, 4) is 0 Å². The molecule has 0 aromatic carbocycles. The second-order valence-electron chi connectivity index (χ2n) is 23.4. The van der Waals surface area contributed by atoms with Crippen LogP contribution in [-0.2, 0) is 33.3 Å². The fraction of sp³-hybridized carbons (Fsp3) is 0.645. The fourth-order valence-electron chi connectivity index (χ4n) is 8.94. The van der Waals surface area contributed by atoms with Gasteiger partial charge in [-0.2, -0.15) is 0 Å². The van der Waals surface area contributed by atoms with Crippen LogP contribution in [0, 0.1) is 0 Å². The van der Waals surface area contributed by atoms with E-state index >= 15 is 0 Å². The highest BCUT2D eigenvalue weighted by Gasteiger charge is 2.25. The minimum atomic E-state index is -1.53. The van der Waals surface area contributed by atoms with Gasteiger partial charge < -0.3 is 28.5 Å². The number of ether oxygens (including phenoxy) is 4. The highest BCUT2D eigenvalue weighted by molar-refractivity contribution is 5.71. The smallest absolute Gasteiger partial charge is 0.361 e. The summed E-state index contributed by atoms with van der Waals surface area (Å²) in [5.74, 6) is -2.07. The van der Waals surface area contributed by atoms with Crippen LogP contribution in [0.5, 0.6) is 0 Å². The molecule has 0 rings (SSSR count). The number of allylic oxidation sites excluding steroid dienone is 24. The van der Waals surface area contributed by atoms with Crippen LogP contribution < -0.4 is 0 Å². The number of carbonyl (C=O) groups excluding carboxylic acids is 2. The molecule has 0 amide bonds. The summed E-state index contributed by atoms with van der Waals surface area (Å²) in [5, 5.41) is 9.73. The van der Waals surface area contributed by atoms with E-state index in [2.05, 4.69) is 160 Å². The Bertz CT molecular complexity index is 1900. The van der Waals surface area contributed by atoms with Crippen molar-refractivity contribution < 1.29 is 42.9 Å². The molecule has 9 heteroatoms. The Morgan fingerprint density at radius 1 is 0.365 bits per heavy atom. The van der Waals surface area contributed by atoms with Gasteiger partial charge in [-0.3, -0.25) is 9.59 Å². The van der Waals surface area contributed by atoms with E-state index in [1.807, 2.05) is 21.1 Å². The Balaban J connectivity index is 4.27. The lowest BCUT2D eigenvalue weighted by Crippen LogP contribution is -2.40. The van der Waals surface area contributed by atoms with Crippen LogP contribution in [-0.4, -0.2) is 87.4 Å². The molecule has 0 radical (unpaired) electrons. The zero-order valence-corrected chi connectivity index (χ0v) is 55.0. The summed E-state index contributed by atoms with van der Waals surface area (Å²) >= 11 is 0. The van der Waals surface area contributed by atoms with Crippen molar-refractivity contribution in [2.24, 2.45) is 0 Å². The van der Waals surface area contributed by atoms with Gasteiger partial charge in [0.05, 0.1) is 34.4 Å². The maximum atomic E-state index is 12.9. The van der Waals surface area contributed by atoms with Crippen LogP contribution in [0.4, 0.5) is 0 Å². The van der Waals surface area contributed by atoms with E-state index in [9.17, 15) is 19.5 Å².